The van der Waals surface area contributed by atoms with E-state index in [2.05, 4.69) is 5.32 Å². The number of amides is 1. The van der Waals surface area contributed by atoms with Crippen LogP contribution in [0.4, 0.5) is 10.1 Å². The van der Waals surface area contributed by atoms with Crippen molar-refractivity contribution in [2.45, 2.75) is 0 Å². The molecule has 0 atom stereocenters. The zero-order chi connectivity index (χ0) is 28.1. The van der Waals surface area contributed by atoms with Crippen molar-refractivity contribution in [3.8, 4) is 34.0 Å². The number of benzene rings is 4. The number of hydrogen-bond donors (Lipinski definition) is 1. The van der Waals surface area contributed by atoms with E-state index in [9.17, 15) is 14.0 Å². The highest BCUT2D eigenvalue weighted by atomic mass is 19.1. The van der Waals surface area contributed by atoms with E-state index in [1.54, 1.807) is 38.5 Å². The Kier molecular flexibility index (Phi) is 7.63. The monoisotopic (exact) mass is 537 g/mol. The zero-order valence-electron chi connectivity index (χ0n) is 21.7. The second kappa shape index (κ2) is 11.6. The van der Waals surface area contributed by atoms with Crippen molar-refractivity contribution in [1.29, 1.82) is 0 Å². The van der Waals surface area contributed by atoms with Gasteiger partial charge in [0.1, 0.15) is 17.3 Å². The molecule has 1 N–H and O–H groups in total. The number of ether oxygens (including phenoxy) is 3. The maximum atomic E-state index is 13.8. The molecule has 0 aliphatic rings. The smallest absolute Gasteiger partial charge is 0.338 e. The summed E-state index contributed by atoms with van der Waals surface area (Å²) in [4.78, 5) is 34.6. The number of nitrogens with zero attached hydrogens (tertiary/aromatic N) is 2. The zero-order valence-corrected chi connectivity index (χ0v) is 21.7. The molecule has 0 aliphatic heterocycles. The van der Waals surface area contributed by atoms with Gasteiger partial charge < -0.3 is 19.5 Å². The van der Waals surface area contributed by atoms with Gasteiger partial charge in [0, 0.05) is 11.1 Å². The average molecular weight is 538 g/mol. The summed E-state index contributed by atoms with van der Waals surface area (Å²) < 4.78 is 29.5. The van der Waals surface area contributed by atoms with Crippen molar-refractivity contribution < 1.29 is 28.2 Å². The van der Waals surface area contributed by atoms with Crippen molar-refractivity contribution in [3.05, 3.63) is 102 Å². The first-order valence-corrected chi connectivity index (χ1v) is 12.3. The van der Waals surface area contributed by atoms with Gasteiger partial charge in [-0.1, -0.05) is 12.1 Å². The SMILES string of the molecule is COc1ccc(-c2nc3ccc(C(=O)OCC(=O)Nc4ccccc4F)cc3nc2-c2ccc(OC)cc2)cc1. The quantitative estimate of drug-likeness (QED) is 0.246. The second-order valence-corrected chi connectivity index (χ2v) is 8.69. The molecule has 0 aliphatic carbocycles. The van der Waals surface area contributed by atoms with Crippen LogP contribution in [0.2, 0.25) is 0 Å². The highest BCUT2D eigenvalue weighted by Crippen LogP contribution is 2.33. The van der Waals surface area contributed by atoms with Gasteiger partial charge in [0.05, 0.1) is 47.9 Å². The Morgan fingerprint density at radius 2 is 1.32 bits per heavy atom. The molecule has 9 heteroatoms. The van der Waals surface area contributed by atoms with Crippen LogP contribution in [0.5, 0.6) is 11.5 Å². The Labute approximate surface area is 229 Å². The van der Waals surface area contributed by atoms with E-state index in [-0.39, 0.29) is 11.3 Å². The molecule has 40 heavy (non-hydrogen) atoms. The fourth-order valence-electron chi connectivity index (χ4n) is 4.04. The number of rotatable bonds is 8. The number of fused-ring (bicyclic) bond motifs is 1. The third-order valence-electron chi connectivity index (χ3n) is 6.11. The Morgan fingerprint density at radius 1 is 0.750 bits per heavy atom. The van der Waals surface area contributed by atoms with Crippen LogP contribution in [-0.2, 0) is 9.53 Å². The van der Waals surface area contributed by atoms with Crippen molar-refractivity contribution in [2.24, 2.45) is 0 Å². The van der Waals surface area contributed by atoms with Gasteiger partial charge in [-0.3, -0.25) is 4.79 Å². The number of esters is 1. The van der Waals surface area contributed by atoms with Crippen LogP contribution in [0.25, 0.3) is 33.5 Å². The number of hydrogen-bond acceptors (Lipinski definition) is 7. The van der Waals surface area contributed by atoms with Gasteiger partial charge in [0.25, 0.3) is 5.91 Å². The molecule has 1 aromatic heterocycles. The van der Waals surface area contributed by atoms with Crippen LogP contribution in [0.1, 0.15) is 10.4 Å². The maximum Gasteiger partial charge on any atom is 0.338 e. The first-order chi connectivity index (χ1) is 19.4. The molecule has 0 radical (unpaired) electrons. The molecule has 1 heterocycles. The topological polar surface area (TPSA) is 99.6 Å². The molecule has 0 spiro atoms. The van der Waals surface area contributed by atoms with E-state index < -0.39 is 24.3 Å². The number of nitrogens with one attached hydrogen (secondary N) is 1. The first kappa shape index (κ1) is 26.3. The third-order valence-corrected chi connectivity index (χ3v) is 6.11. The predicted octanol–water partition coefficient (Wildman–Crippen LogP) is 5.92. The van der Waals surface area contributed by atoms with E-state index in [0.717, 1.165) is 11.1 Å². The van der Waals surface area contributed by atoms with E-state index in [1.165, 1.54) is 18.2 Å². The lowest BCUT2D eigenvalue weighted by Gasteiger charge is -2.12. The largest absolute Gasteiger partial charge is 0.497 e. The molecule has 4 aromatic carbocycles. The average Bonchev–Trinajstić information content (AvgIpc) is 3.00. The lowest BCUT2D eigenvalue weighted by Crippen LogP contribution is -2.21. The molecule has 200 valence electrons. The van der Waals surface area contributed by atoms with E-state index in [4.69, 9.17) is 24.2 Å². The lowest BCUT2D eigenvalue weighted by molar-refractivity contribution is -0.119. The van der Waals surface area contributed by atoms with Gasteiger partial charge in [-0.25, -0.2) is 19.2 Å². The van der Waals surface area contributed by atoms with Gasteiger partial charge in [-0.05, 0) is 78.9 Å². The maximum absolute atomic E-state index is 13.8. The number of aromatic nitrogens is 2. The molecule has 8 nitrogen and oxygen atoms in total. The van der Waals surface area contributed by atoms with Gasteiger partial charge in [-0.15, -0.1) is 0 Å². The third kappa shape index (κ3) is 5.73. The molecule has 1 amide bonds. The molecular weight excluding hydrogens is 513 g/mol. The van der Waals surface area contributed by atoms with Crippen molar-refractivity contribution in [3.63, 3.8) is 0 Å². The number of halogens is 1. The fourth-order valence-corrected chi connectivity index (χ4v) is 4.04. The molecule has 5 aromatic rings. The molecule has 0 bridgehead atoms. The minimum atomic E-state index is -0.724. The van der Waals surface area contributed by atoms with Crippen LogP contribution in [0, 0.1) is 5.82 Å². The summed E-state index contributed by atoms with van der Waals surface area (Å²) in [6.07, 6.45) is 0. The number of anilines is 1. The van der Waals surface area contributed by atoms with E-state index >= 15 is 0 Å². The molecular formula is C31H24FN3O5. The number of methoxy groups -OCH3 is 2. The molecule has 0 fully saturated rings. The Hall–Kier alpha value is -5.31. The standard InChI is InChI=1S/C31H24FN3O5/c1-38-22-12-7-19(8-13-22)29-30(20-9-14-23(39-2)15-10-20)35-27-17-21(11-16-26(27)34-29)31(37)40-18-28(36)33-25-6-4-3-5-24(25)32/h3-17H,18H2,1-2H3,(H,33,36). The van der Waals surface area contributed by atoms with Crippen LogP contribution < -0.4 is 14.8 Å². The molecule has 5 rings (SSSR count). The predicted molar refractivity (Wildman–Crippen MR) is 149 cm³/mol. The minimum Gasteiger partial charge on any atom is -0.497 e. The normalized spacial score (nSPS) is 10.7. The number of carbonyl (C=O) groups excluding carboxylic acids is 2. The Morgan fingerprint density at radius 3 is 1.90 bits per heavy atom. The van der Waals surface area contributed by atoms with Gasteiger partial charge in [0.2, 0.25) is 0 Å². The van der Waals surface area contributed by atoms with Crippen molar-refractivity contribution in [2.75, 3.05) is 26.1 Å². The van der Waals surface area contributed by atoms with Crippen molar-refractivity contribution in [1.82, 2.24) is 9.97 Å². The highest BCUT2D eigenvalue weighted by Gasteiger charge is 2.17. The summed E-state index contributed by atoms with van der Waals surface area (Å²) in [5.41, 5.74) is 4.13. The highest BCUT2D eigenvalue weighted by molar-refractivity contribution is 5.97. The van der Waals surface area contributed by atoms with Crippen LogP contribution in [-0.4, -0.2) is 42.7 Å². The Bertz CT molecular complexity index is 1690. The molecule has 0 saturated heterocycles. The molecule has 0 unspecified atom stereocenters. The summed E-state index contributed by atoms with van der Waals surface area (Å²) in [6, 6.07) is 25.4. The summed E-state index contributed by atoms with van der Waals surface area (Å²) >= 11 is 0. The first-order valence-electron chi connectivity index (χ1n) is 12.3. The minimum absolute atomic E-state index is 0.00301. The molecule has 0 saturated carbocycles. The number of para-hydroxylation sites is 1. The van der Waals surface area contributed by atoms with Crippen molar-refractivity contribution >= 4 is 28.6 Å². The van der Waals surface area contributed by atoms with Gasteiger partial charge in [0.15, 0.2) is 6.61 Å². The Balaban J connectivity index is 1.44. The lowest BCUT2D eigenvalue weighted by atomic mass is 10.0. The summed E-state index contributed by atoms with van der Waals surface area (Å²) in [5, 5.41) is 2.38. The van der Waals surface area contributed by atoms with Crippen LogP contribution >= 0.6 is 0 Å². The summed E-state index contributed by atoms with van der Waals surface area (Å²) in [6.45, 7) is -0.579. The summed E-state index contributed by atoms with van der Waals surface area (Å²) in [7, 11) is 3.20. The second-order valence-electron chi connectivity index (χ2n) is 8.69. The van der Waals surface area contributed by atoms with Gasteiger partial charge in [-0.2, -0.15) is 0 Å². The number of carbonyl (C=O) groups is 2. The van der Waals surface area contributed by atoms with E-state index in [0.29, 0.717) is 33.9 Å². The van der Waals surface area contributed by atoms with Crippen LogP contribution in [0.15, 0.2) is 91.0 Å². The van der Waals surface area contributed by atoms with Crippen LogP contribution in [0.3, 0.4) is 0 Å². The fraction of sp³-hybridized carbons (Fsp3) is 0.0968. The summed E-state index contributed by atoms with van der Waals surface area (Å²) in [5.74, 6) is -0.554. The van der Waals surface area contributed by atoms with Gasteiger partial charge >= 0.3 is 5.97 Å². The van der Waals surface area contributed by atoms with E-state index in [1.807, 2.05) is 48.5 Å².